The van der Waals surface area contributed by atoms with Gasteiger partial charge in [0.1, 0.15) is 12.3 Å². The molecular weight excluding hydrogens is 303 g/mol. The maximum Gasteiger partial charge on any atom is 0.251 e. The smallest absolute Gasteiger partial charge is 0.251 e. The van der Waals surface area contributed by atoms with Crippen molar-refractivity contribution in [2.45, 2.75) is 51.0 Å². The maximum atomic E-state index is 13.9. The van der Waals surface area contributed by atoms with E-state index in [-0.39, 0.29) is 18.1 Å². The molecule has 0 spiro atoms. The zero-order valence-electron chi connectivity index (χ0n) is 13.6. The van der Waals surface area contributed by atoms with Crippen LogP contribution in [0.5, 0.6) is 0 Å². The Morgan fingerprint density at radius 2 is 2.35 bits per heavy atom. The van der Waals surface area contributed by atoms with E-state index in [0.29, 0.717) is 44.4 Å². The van der Waals surface area contributed by atoms with Crippen LogP contribution in [0.4, 0.5) is 4.39 Å². The first-order chi connectivity index (χ1) is 11.0. The van der Waals surface area contributed by atoms with E-state index in [1.807, 2.05) is 4.90 Å². The SMILES string of the molecule is Cc1nc(CN2C[C@@H](F)C[C@H]2CN(C)C(=O)[C@H]2CCCO2)no1. The fourth-order valence-electron chi connectivity index (χ4n) is 3.32. The number of hydrogen-bond donors (Lipinski definition) is 0. The predicted molar refractivity (Wildman–Crippen MR) is 79.4 cm³/mol. The molecule has 0 radical (unpaired) electrons. The number of nitrogens with zero attached hydrogens (tertiary/aromatic N) is 4. The summed E-state index contributed by atoms with van der Waals surface area (Å²) in [6.45, 7) is 3.62. The fourth-order valence-corrected chi connectivity index (χ4v) is 3.32. The van der Waals surface area contributed by atoms with Crippen LogP contribution in [0.2, 0.25) is 0 Å². The molecule has 3 heterocycles. The van der Waals surface area contributed by atoms with Crippen LogP contribution in [-0.4, -0.2) is 70.9 Å². The molecule has 2 aliphatic heterocycles. The third-order valence-corrected chi connectivity index (χ3v) is 4.46. The first-order valence-corrected chi connectivity index (χ1v) is 8.07. The highest BCUT2D eigenvalue weighted by atomic mass is 19.1. The first-order valence-electron chi connectivity index (χ1n) is 8.07. The molecular formula is C15H23FN4O3. The summed E-state index contributed by atoms with van der Waals surface area (Å²) < 4.78 is 24.2. The van der Waals surface area contributed by atoms with Gasteiger partial charge in [-0.2, -0.15) is 4.98 Å². The van der Waals surface area contributed by atoms with E-state index in [9.17, 15) is 9.18 Å². The zero-order valence-corrected chi connectivity index (χ0v) is 13.6. The van der Waals surface area contributed by atoms with Crippen molar-refractivity contribution in [3.63, 3.8) is 0 Å². The van der Waals surface area contributed by atoms with Gasteiger partial charge in [-0.25, -0.2) is 4.39 Å². The van der Waals surface area contributed by atoms with E-state index in [1.165, 1.54) is 0 Å². The Bertz CT molecular complexity index is 547. The number of rotatable bonds is 5. The van der Waals surface area contributed by atoms with Gasteiger partial charge in [0.2, 0.25) is 5.89 Å². The van der Waals surface area contributed by atoms with E-state index in [0.717, 1.165) is 12.8 Å². The van der Waals surface area contributed by atoms with Gasteiger partial charge in [0.15, 0.2) is 5.82 Å². The third kappa shape index (κ3) is 3.87. The summed E-state index contributed by atoms with van der Waals surface area (Å²) in [5.41, 5.74) is 0. The molecule has 1 aromatic heterocycles. The summed E-state index contributed by atoms with van der Waals surface area (Å²) in [7, 11) is 1.76. The molecule has 7 nitrogen and oxygen atoms in total. The van der Waals surface area contributed by atoms with E-state index in [1.54, 1.807) is 18.9 Å². The minimum Gasteiger partial charge on any atom is -0.368 e. The number of likely N-dealkylation sites (tertiary alicyclic amines) is 1. The molecule has 0 unspecified atom stereocenters. The van der Waals surface area contributed by atoms with Gasteiger partial charge in [-0.05, 0) is 19.3 Å². The molecule has 128 valence electrons. The highest BCUT2D eigenvalue weighted by Crippen LogP contribution is 2.23. The normalized spacial score (nSPS) is 28.4. The van der Waals surface area contributed by atoms with Crippen LogP contribution in [0.25, 0.3) is 0 Å². The second kappa shape index (κ2) is 6.92. The molecule has 2 saturated heterocycles. The van der Waals surface area contributed by atoms with Crippen LogP contribution >= 0.6 is 0 Å². The Balaban J connectivity index is 1.59. The molecule has 0 aliphatic carbocycles. The van der Waals surface area contributed by atoms with Gasteiger partial charge in [-0.1, -0.05) is 5.16 Å². The average Bonchev–Trinajstić information content (AvgIpc) is 3.22. The lowest BCUT2D eigenvalue weighted by atomic mass is 10.1. The Hall–Kier alpha value is -1.54. The number of hydrogen-bond acceptors (Lipinski definition) is 6. The summed E-state index contributed by atoms with van der Waals surface area (Å²) in [5.74, 6) is 1.04. The average molecular weight is 326 g/mol. The first kappa shape index (κ1) is 16.3. The summed E-state index contributed by atoms with van der Waals surface area (Å²) in [4.78, 5) is 20.1. The Kier molecular flexibility index (Phi) is 4.91. The summed E-state index contributed by atoms with van der Waals surface area (Å²) in [6.07, 6.45) is 0.879. The Morgan fingerprint density at radius 3 is 3.00 bits per heavy atom. The van der Waals surface area contributed by atoms with Crippen molar-refractivity contribution in [1.29, 1.82) is 0 Å². The number of amides is 1. The van der Waals surface area contributed by atoms with Crippen LogP contribution in [0, 0.1) is 6.92 Å². The number of aromatic nitrogens is 2. The number of aryl methyl sites for hydroxylation is 1. The van der Waals surface area contributed by atoms with Crippen LogP contribution in [0.3, 0.4) is 0 Å². The quantitative estimate of drug-likeness (QED) is 0.801. The van der Waals surface area contributed by atoms with Crippen molar-refractivity contribution < 1.29 is 18.4 Å². The van der Waals surface area contributed by atoms with Gasteiger partial charge in [0, 0.05) is 39.7 Å². The fraction of sp³-hybridized carbons (Fsp3) is 0.800. The molecule has 0 aromatic carbocycles. The largest absolute Gasteiger partial charge is 0.368 e. The van der Waals surface area contributed by atoms with Gasteiger partial charge in [0.25, 0.3) is 5.91 Å². The molecule has 1 aromatic rings. The van der Waals surface area contributed by atoms with Crippen molar-refractivity contribution in [2.75, 3.05) is 26.7 Å². The third-order valence-electron chi connectivity index (χ3n) is 4.46. The molecule has 3 rings (SSSR count). The minimum absolute atomic E-state index is 0.0137. The summed E-state index contributed by atoms with van der Waals surface area (Å²) >= 11 is 0. The highest BCUT2D eigenvalue weighted by Gasteiger charge is 2.35. The van der Waals surface area contributed by atoms with Gasteiger partial charge in [-0.3, -0.25) is 9.69 Å². The molecule has 3 atom stereocenters. The van der Waals surface area contributed by atoms with E-state index >= 15 is 0 Å². The van der Waals surface area contributed by atoms with Crippen LogP contribution in [-0.2, 0) is 16.1 Å². The molecule has 0 saturated carbocycles. The highest BCUT2D eigenvalue weighted by molar-refractivity contribution is 5.80. The number of likely N-dealkylation sites (N-methyl/N-ethyl adjacent to an activating group) is 1. The molecule has 2 aliphatic rings. The van der Waals surface area contributed by atoms with Gasteiger partial charge < -0.3 is 14.2 Å². The van der Waals surface area contributed by atoms with E-state index < -0.39 is 6.17 Å². The maximum absolute atomic E-state index is 13.9. The van der Waals surface area contributed by atoms with Crippen LogP contribution < -0.4 is 0 Å². The lowest BCUT2D eigenvalue weighted by molar-refractivity contribution is -0.140. The summed E-state index contributed by atoms with van der Waals surface area (Å²) in [5, 5.41) is 3.87. The molecule has 0 N–H and O–H groups in total. The van der Waals surface area contributed by atoms with Crippen molar-refractivity contribution >= 4 is 5.91 Å². The predicted octanol–water partition coefficient (Wildman–Crippen LogP) is 0.928. The minimum atomic E-state index is -0.890. The van der Waals surface area contributed by atoms with Gasteiger partial charge >= 0.3 is 0 Å². The van der Waals surface area contributed by atoms with Gasteiger partial charge in [0.05, 0.1) is 6.54 Å². The number of carbonyl (C=O) groups is 1. The summed E-state index contributed by atoms with van der Waals surface area (Å²) in [6, 6.07) is -0.0424. The molecule has 0 bridgehead atoms. The van der Waals surface area contributed by atoms with E-state index in [2.05, 4.69) is 10.1 Å². The molecule has 23 heavy (non-hydrogen) atoms. The van der Waals surface area contributed by atoms with Crippen molar-refractivity contribution in [1.82, 2.24) is 19.9 Å². The number of ether oxygens (including phenoxy) is 1. The molecule has 8 heteroatoms. The van der Waals surface area contributed by atoms with Crippen molar-refractivity contribution in [3.8, 4) is 0 Å². The zero-order chi connectivity index (χ0) is 16.4. The second-order valence-electron chi connectivity index (χ2n) is 6.37. The van der Waals surface area contributed by atoms with Crippen LogP contribution in [0.15, 0.2) is 4.52 Å². The number of halogens is 1. The van der Waals surface area contributed by atoms with Crippen molar-refractivity contribution in [3.05, 3.63) is 11.7 Å². The Morgan fingerprint density at radius 1 is 1.52 bits per heavy atom. The lowest BCUT2D eigenvalue weighted by Crippen LogP contribution is -2.44. The lowest BCUT2D eigenvalue weighted by Gasteiger charge is -2.28. The van der Waals surface area contributed by atoms with E-state index in [4.69, 9.17) is 9.26 Å². The second-order valence-corrected chi connectivity index (χ2v) is 6.37. The Labute approximate surface area is 134 Å². The van der Waals surface area contributed by atoms with Crippen LogP contribution in [0.1, 0.15) is 31.0 Å². The topological polar surface area (TPSA) is 71.7 Å². The molecule has 2 fully saturated rings. The van der Waals surface area contributed by atoms with Gasteiger partial charge in [-0.15, -0.1) is 0 Å². The monoisotopic (exact) mass is 326 g/mol. The van der Waals surface area contributed by atoms with Crippen molar-refractivity contribution in [2.24, 2.45) is 0 Å². The number of alkyl halides is 1. The molecule has 1 amide bonds. The standard InChI is InChI=1S/C15H23FN4O3/c1-10-17-14(18-23-10)9-20-7-11(16)6-12(20)8-19(2)15(21)13-4-3-5-22-13/h11-13H,3-9H2,1-2H3/t11-,12-,13+/m0/s1. The number of carbonyl (C=O) groups excluding carboxylic acids is 1.